The minimum atomic E-state index is -1.05. The Kier molecular flexibility index (Phi) is 4.43. The first-order chi connectivity index (χ1) is 15.2. The molecular formula is C25H34O7. The van der Waals surface area contributed by atoms with Gasteiger partial charge in [-0.15, -0.1) is 0 Å². The maximum absolute atomic E-state index is 12.4. The molecule has 3 N–H and O–H groups in total. The van der Waals surface area contributed by atoms with Crippen molar-refractivity contribution < 1.29 is 29.2 Å². The molecule has 4 saturated carbocycles. The zero-order valence-electron chi connectivity index (χ0n) is 18.8. The second kappa shape index (κ2) is 6.66. The number of ether oxygens (including phenoxy) is 2. The van der Waals surface area contributed by atoms with Gasteiger partial charge in [-0.1, -0.05) is 6.92 Å². The summed E-state index contributed by atoms with van der Waals surface area (Å²) in [6.45, 7) is 2.16. The van der Waals surface area contributed by atoms with Gasteiger partial charge in [0.05, 0.1) is 35.1 Å². The average Bonchev–Trinajstić information content (AvgIpc) is 3.21. The number of hydrogen-bond acceptors (Lipinski definition) is 7. The molecule has 5 aliphatic rings. The zero-order valence-corrected chi connectivity index (χ0v) is 18.8. The van der Waals surface area contributed by atoms with Crippen molar-refractivity contribution in [3.05, 3.63) is 34.4 Å². The van der Waals surface area contributed by atoms with Crippen molar-refractivity contribution in [3.8, 4) is 0 Å². The molecular weight excluding hydrogens is 412 g/mol. The third-order valence-corrected chi connectivity index (χ3v) is 10.5. The van der Waals surface area contributed by atoms with Crippen LogP contribution in [-0.2, 0) is 9.47 Å². The zero-order chi connectivity index (χ0) is 22.5. The van der Waals surface area contributed by atoms with Crippen molar-refractivity contribution in [1.29, 1.82) is 0 Å². The molecule has 7 nitrogen and oxygen atoms in total. The fraction of sp³-hybridized carbons (Fsp3) is 0.800. The van der Waals surface area contributed by atoms with Crippen LogP contribution >= 0.6 is 0 Å². The van der Waals surface area contributed by atoms with Gasteiger partial charge >= 0.3 is 5.63 Å². The van der Waals surface area contributed by atoms with Crippen LogP contribution in [0, 0.1) is 22.7 Å². The summed E-state index contributed by atoms with van der Waals surface area (Å²) < 4.78 is 17.6. The molecule has 0 amide bonds. The second-order valence-electron chi connectivity index (χ2n) is 11.4. The molecule has 0 bridgehead atoms. The van der Waals surface area contributed by atoms with Gasteiger partial charge in [0.2, 0.25) is 0 Å². The quantitative estimate of drug-likeness (QED) is 0.640. The van der Waals surface area contributed by atoms with Gasteiger partial charge in [-0.25, -0.2) is 4.79 Å². The van der Waals surface area contributed by atoms with Crippen molar-refractivity contribution in [1.82, 2.24) is 0 Å². The van der Waals surface area contributed by atoms with Gasteiger partial charge < -0.3 is 29.2 Å². The number of methoxy groups -OCH3 is 1. The summed E-state index contributed by atoms with van der Waals surface area (Å²) in [5.74, 6) is 0.0415. The summed E-state index contributed by atoms with van der Waals surface area (Å²) >= 11 is 0. The van der Waals surface area contributed by atoms with E-state index in [2.05, 4.69) is 6.92 Å². The Morgan fingerprint density at radius 3 is 2.62 bits per heavy atom. The van der Waals surface area contributed by atoms with Crippen LogP contribution in [-0.4, -0.2) is 52.1 Å². The molecule has 2 heterocycles. The minimum Gasteiger partial charge on any atom is -0.431 e. The Bertz CT molecular complexity index is 957. The van der Waals surface area contributed by atoms with Crippen LogP contribution in [0.2, 0.25) is 0 Å². The molecule has 1 saturated heterocycles. The van der Waals surface area contributed by atoms with Crippen LogP contribution in [0.25, 0.3) is 0 Å². The lowest BCUT2D eigenvalue weighted by atomic mass is 9.41. The molecule has 0 radical (unpaired) electrons. The molecule has 7 heteroatoms. The molecule has 2 unspecified atom stereocenters. The van der Waals surface area contributed by atoms with E-state index in [0.29, 0.717) is 44.9 Å². The number of fused-ring (bicyclic) bond motifs is 2. The van der Waals surface area contributed by atoms with Crippen molar-refractivity contribution >= 4 is 0 Å². The highest BCUT2D eigenvalue weighted by Crippen LogP contribution is 2.74. The first-order valence-electron chi connectivity index (χ1n) is 12.1. The lowest BCUT2D eigenvalue weighted by molar-refractivity contribution is -0.273. The number of aliphatic hydroxyl groups excluding tert-OH is 1. The average molecular weight is 447 g/mol. The van der Waals surface area contributed by atoms with Gasteiger partial charge in [-0.3, -0.25) is 0 Å². The van der Waals surface area contributed by atoms with E-state index in [-0.39, 0.29) is 29.5 Å². The van der Waals surface area contributed by atoms with E-state index in [1.807, 2.05) is 6.07 Å². The normalized spacial score (nSPS) is 54.0. The Labute approximate surface area is 187 Å². The summed E-state index contributed by atoms with van der Waals surface area (Å²) in [5, 5.41) is 34.6. The van der Waals surface area contributed by atoms with Crippen molar-refractivity contribution in [2.45, 2.75) is 93.9 Å². The van der Waals surface area contributed by atoms with Crippen molar-refractivity contribution in [3.63, 3.8) is 0 Å². The SMILES string of the molecule is COC1O[C@@H]2C[C@]3(C)[C@@H](c4ccc(=O)oc4)CC[C@]3(O)C3CC[C@]4(O)C[C@@H](O)CC[C@@]14[C@H]32. The number of rotatable bonds is 2. The van der Waals surface area contributed by atoms with Crippen molar-refractivity contribution in [2.75, 3.05) is 7.11 Å². The topological polar surface area (TPSA) is 109 Å². The summed E-state index contributed by atoms with van der Waals surface area (Å²) in [6, 6.07) is 3.29. The highest BCUT2D eigenvalue weighted by molar-refractivity contribution is 5.30. The minimum absolute atomic E-state index is 0.00997. The van der Waals surface area contributed by atoms with Crippen LogP contribution in [0.4, 0.5) is 0 Å². The molecule has 4 aliphatic carbocycles. The predicted octanol–water partition coefficient (Wildman–Crippen LogP) is 2.32. The maximum atomic E-state index is 12.4. The van der Waals surface area contributed by atoms with Gasteiger partial charge in [0.1, 0.15) is 0 Å². The van der Waals surface area contributed by atoms with Crippen LogP contribution < -0.4 is 5.63 Å². The third kappa shape index (κ3) is 2.37. The molecule has 6 rings (SSSR count). The molecule has 10 atom stereocenters. The summed E-state index contributed by atoms with van der Waals surface area (Å²) in [6.07, 6.45) is 5.35. The Hall–Kier alpha value is -1.25. The van der Waals surface area contributed by atoms with E-state index in [1.165, 1.54) is 6.07 Å². The second-order valence-corrected chi connectivity index (χ2v) is 11.4. The molecule has 1 aromatic heterocycles. The standard InChI is InChI=1S/C25H34O7/c1-22-12-18-20-17(25(22,29)10-7-16(22)14-3-4-19(27)31-13-14)6-8-23(28)11-15(26)5-9-24(20,23)21(30-2)32-18/h3-4,13,15-18,20-21,26,28-29H,5-12H2,1-2H3/t15-,16+,17?,18+,20+,21?,22+,23-,24+,25-/m0/s1. The van der Waals surface area contributed by atoms with Crippen molar-refractivity contribution in [2.24, 2.45) is 22.7 Å². The first-order valence-corrected chi connectivity index (χ1v) is 12.1. The van der Waals surface area contributed by atoms with Crippen LogP contribution in [0.3, 0.4) is 0 Å². The Morgan fingerprint density at radius 1 is 1.09 bits per heavy atom. The predicted molar refractivity (Wildman–Crippen MR) is 114 cm³/mol. The lowest BCUT2D eigenvalue weighted by Gasteiger charge is -2.65. The van der Waals surface area contributed by atoms with Crippen LogP contribution in [0.5, 0.6) is 0 Å². The molecule has 1 aromatic rings. The lowest BCUT2D eigenvalue weighted by Crippen LogP contribution is -2.70. The molecule has 1 spiro atoms. The number of hydrogen-bond donors (Lipinski definition) is 3. The Morgan fingerprint density at radius 2 is 1.91 bits per heavy atom. The van der Waals surface area contributed by atoms with E-state index in [1.54, 1.807) is 13.4 Å². The van der Waals surface area contributed by atoms with Gasteiger partial charge in [0.15, 0.2) is 6.29 Å². The van der Waals surface area contributed by atoms with Gasteiger partial charge in [-0.05, 0) is 68.4 Å². The Balaban J connectivity index is 1.45. The summed E-state index contributed by atoms with van der Waals surface area (Å²) in [5.41, 5.74) is -2.41. The molecule has 176 valence electrons. The number of aliphatic hydroxyl groups is 3. The van der Waals surface area contributed by atoms with E-state index >= 15 is 0 Å². The highest BCUT2D eigenvalue weighted by Gasteiger charge is 2.78. The molecule has 32 heavy (non-hydrogen) atoms. The van der Waals surface area contributed by atoms with Gasteiger partial charge in [-0.2, -0.15) is 0 Å². The maximum Gasteiger partial charge on any atom is 0.335 e. The molecule has 5 fully saturated rings. The summed E-state index contributed by atoms with van der Waals surface area (Å²) in [7, 11) is 1.64. The fourth-order valence-corrected chi connectivity index (χ4v) is 9.21. The third-order valence-electron chi connectivity index (χ3n) is 10.5. The van der Waals surface area contributed by atoms with E-state index < -0.39 is 34.4 Å². The van der Waals surface area contributed by atoms with Crippen LogP contribution in [0.15, 0.2) is 27.6 Å². The molecule has 0 aromatic carbocycles. The van der Waals surface area contributed by atoms with E-state index in [0.717, 1.165) is 12.0 Å². The van der Waals surface area contributed by atoms with Gasteiger partial charge in [0.25, 0.3) is 0 Å². The summed E-state index contributed by atoms with van der Waals surface area (Å²) in [4.78, 5) is 11.5. The van der Waals surface area contributed by atoms with E-state index in [9.17, 15) is 20.1 Å². The first kappa shape index (κ1) is 21.3. The smallest absolute Gasteiger partial charge is 0.335 e. The highest BCUT2D eigenvalue weighted by atomic mass is 16.7. The fourth-order valence-electron chi connectivity index (χ4n) is 9.21. The molecule has 1 aliphatic heterocycles. The van der Waals surface area contributed by atoms with Gasteiger partial charge in [0, 0.05) is 30.9 Å². The largest absolute Gasteiger partial charge is 0.431 e. The monoisotopic (exact) mass is 446 g/mol. The van der Waals surface area contributed by atoms with Crippen LogP contribution in [0.1, 0.15) is 69.8 Å². The van der Waals surface area contributed by atoms with E-state index in [4.69, 9.17) is 13.9 Å².